The molecule has 0 aliphatic carbocycles. The molecule has 0 aliphatic rings. The van der Waals surface area contributed by atoms with Crippen molar-refractivity contribution in [1.82, 2.24) is 5.48 Å². The van der Waals surface area contributed by atoms with E-state index in [-0.39, 0.29) is 11.4 Å². The van der Waals surface area contributed by atoms with E-state index in [0.29, 0.717) is 0 Å². The Balaban J connectivity index is 3.83. The molecule has 0 radical (unpaired) electrons. The van der Waals surface area contributed by atoms with E-state index in [1.54, 1.807) is 5.48 Å². The van der Waals surface area contributed by atoms with Crippen molar-refractivity contribution < 1.29 is 22.4 Å². The SMILES string of the molecule is C=C[C@@H](O)CC(=S)NOS(=O)(=O)O. The van der Waals surface area contributed by atoms with Crippen LogP contribution in [-0.2, 0) is 14.7 Å². The third-order valence-electron chi connectivity index (χ3n) is 0.927. The van der Waals surface area contributed by atoms with Gasteiger partial charge < -0.3 is 5.11 Å². The van der Waals surface area contributed by atoms with Gasteiger partial charge in [0.2, 0.25) is 0 Å². The van der Waals surface area contributed by atoms with E-state index < -0.39 is 16.5 Å². The number of thiocarbonyl (C=S) groups is 1. The molecule has 0 saturated carbocycles. The van der Waals surface area contributed by atoms with Crippen LogP contribution in [0.3, 0.4) is 0 Å². The van der Waals surface area contributed by atoms with Gasteiger partial charge in [-0.05, 0) is 0 Å². The summed E-state index contributed by atoms with van der Waals surface area (Å²) in [5, 5.41) is 8.94. The molecule has 0 aliphatic heterocycles. The molecule has 6 nitrogen and oxygen atoms in total. The molecule has 76 valence electrons. The molecule has 0 aromatic rings. The van der Waals surface area contributed by atoms with Crippen molar-refractivity contribution in [1.29, 1.82) is 0 Å². The highest BCUT2D eigenvalue weighted by Crippen LogP contribution is 1.94. The van der Waals surface area contributed by atoms with Gasteiger partial charge in [0.1, 0.15) is 4.99 Å². The second-order valence-corrected chi connectivity index (χ2v) is 3.56. The third-order valence-corrected chi connectivity index (χ3v) is 1.47. The molecule has 0 unspecified atom stereocenters. The van der Waals surface area contributed by atoms with Crippen molar-refractivity contribution in [2.75, 3.05) is 0 Å². The standard InChI is InChI=1S/C5H9NO5S2/c1-2-4(7)3-5(12)6-11-13(8,9)10/h2,4,7H,1,3H2,(H,6,12)(H,8,9,10)/t4-/m1/s1. The minimum absolute atomic E-state index is 0.0334. The molecule has 1 atom stereocenters. The van der Waals surface area contributed by atoms with Gasteiger partial charge in [-0.15, -0.1) is 10.9 Å². The van der Waals surface area contributed by atoms with E-state index in [9.17, 15) is 8.42 Å². The van der Waals surface area contributed by atoms with Crippen molar-refractivity contribution in [3.63, 3.8) is 0 Å². The number of hydrogen-bond acceptors (Lipinski definition) is 5. The van der Waals surface area contributed by atoms with E-state index in [4.69, 9.17) is 9.66 Å². The molecular formula is C5H9NO5S2. The zero-order valence-electron chi connectivity index (χ0n) is 6.50. The Hall–Kier alpha value is -0.540. The summed E-state index contributed by atoms with van der Waals surface area (Å²) < 4.78 is 31.9. The maximum atomic E-state index is 10.0. The fourth-order valence-corrected chi connectivity index (χ4v) is 0.885. The molecule has 0 bridgehead atoms. The minimum atomic E-state index is -4.57. The van der Waals surface area contributed by atoms with Gasteiger partial charge in [0, 0.05) is 6.42 Å². The summed E-state index contributed by atoms with van der Waals surface area (Å²) in [5.41, 5.74) is 1.77. The van der Waals surface area contributed by atoms with Crippen LogP contribution in [0.15, 0.2) is 12.7 Å². The molecular weight excluding hydrogens is 218 g/mol. The number of aliphatic hydroxyl groups excluding tert-OH is 1. The maximum Gasteiger partial charge on any atom is 0.418 e. The van der Waals surface area contributed by atoms with Crippen LogP contribution in [0.5, 0.6) is 0 Å². The predicted octanol–water partition coefficient (Wildman–Crippen LogP) is -0.425. The number of nitrogens with one attached hydrogen (secondary N) is 1. The minimum Gasteiger partial charge on any atom is -0.389 e. The number of hydrogen-bond donors (Lipinski definition) is 3. The van der Waals surface area contributed by atoms with E-state index >= 15 is 0 Å². The summed E-state index contributed by atoms with van der Waals surface area (Å²) in [6.07, 6.45) is 0.306. The summed E-state index contributed by atoms with van der Waals surface area (Å²) in [7, 11) is -4.57. The monoisotopic (exact) mass is 227 g/mol. The van der Waals surface area contributed by atoms with Crippen LogP contribution in [0, 0.1) is 0 Å². The van der Waals surface area contributed by atoms with Crippen molar-refractivity contribution in [3.8, 4) is 0 Å². The van der Waals surface area contributed by atoms with Crippen molar-refractivity contribution >= 4 is 27.6 Å². The summed E-state index contributed by atoms with van der Waals surface area (Å²) in [5.74, 6) is 0. The highest BCUT2D eigenvalue weighted by molar-refractivity contribution is 7.81. The van der Waals surface area contributed by atoms with Crippen LogP contribution < -0.4 is 5.48 Å². The lowest BCUT2D eigenvalue weighted by molar-refractivity contribution is 0.208. The van der Waals surface area contributed by atoms with Crippen LogP contribution >= 0.6 is 12.2 Å². The van der Waals surface area contributed by atoms with Gasteiger partial charge in [-0.25, -0.2) is 5.48 Å². The lowest BCUT2D eigenvalue weighted by atomic mass is 10.2. The molecule has 0 rings (SSSR count). The first-order chi connectivity index (χ1) is 5.85. The zero-order chi connectivity index (χ0) is 10.5. The summed E-state index contributed by atoms with van der Waals surface area (Å²) in [4.78, 5) is -0.0648. The molecule has 8 heteroatoms. The molecule has 0 heterocycles. The van der Waals surface area contributed by atoms with E-state index in [2.05, 4.69) is 23.1 Å². The number of rotatable bonds is 5. The number of aliphatic hydroxyl groups is 1. The van der Waals surface area contributed by atoms with Crippen LogP contribution in [0.4, 0.5) is 0 Å². The fraction of sp³-hybridized carbons (Fsp3) is 0.400. The molecule has 0 fully saturated rings. The molecule has 3 N–H and O–H groups in total. The second-order valence-electron chi connectivity index (χ2n) is 2.04. The molecule has 0 aromatic carbocycles. The largest absolute Gasteiger partial charge is 0.418 e. The maximum absolute atomic E-state index is 10.0. The molecule has 0 amide bonds. The first-order valence-electron chi connectivity index (χ1n) is 3.10. The first-order valence-corrected chi connectivity index (χ1v) is 4.88. The summed E-state index contributed by atoms with van der Waals surface area (Å²) in [6, 6.07) is 0. The number of hydroxylamine groups is 1. The normalized spacial score (nSPS) is 13.4. The zero-order valence-corrected chi connectivity index (χ0v) is 8.14. The van der Waals surface area contributed by atoms with Crippen LogP contribution in [0.25, 0.3) is 0 Å². The van der Waals surface area contributed by atoms with E-state index in [0.717, 1.165) is 0 Å². The van der Waals surface area contributed by atoms with Gasteiger partial charge in [0.15, 0.2) is 0 Å². The van der Waals surface area contributed by atoms with Gasteiger partial charge in [-0.2, -0.15) is 8.42 Å². The topological polar surface area (TPSA) is 95.9 Å². The summed E-state index contributed by atoms with van der Waals surface area (Å²) >= 11 is 4.55. The van der Waals surface area contributed by atoms with Crippen molar-refractivity contribution in [2.24, 2.45) is 0 Å². The van der Waals surface area contributed by atoms with E-state index in [1.807, 2.05) is 0 Å². The molecule has 13 heavy (non-hydrogen) atoms. The van der Waals surface area contributed by atoms with Gasteiger partial charge in [0.25, 0.3) is 0 Å². The Morgan fingerprint density at radius 1 is 1.77 bits per heavy atom. The van der Waals surface area contributed by atoms with Crippen molar-refractivity contribution in [2.45, 2.75) is 12.5 Å². The Bertz CT molecular complexity index is 285. The predicted molar refractivity (Wildman–Crippen MR) is 49.2 cm³/mol. The average Bonchev–Trinajstić information content (AvgIpc) is 1.99. The summed E-state index contributed by atoms with van der Waals surface area (Å²) in [6.45, 7) is 3.28. The fourth-order valence-electron chi connectivity index (χ4n) is 0.414. The molecule has 0 aromatic heterocycles. The highest BCUT2D eigenvalue weighted by atomic mass is 32.3. The van der Waals surface area contributed by atoms with Crippen LogP contribution in [-0.4, -0.2) is 29.2 Å². The Morgan fingerprint density at radius 3 is 2.69 bits per heavy atom. The highest BCUT2D eigenvalue weighted by Gasteiger charge is 2.08. The Labute approximate surface area is 81.1 Å². The van der Waals surface area contributed by atoms with Crippen LogP contribution in [0.2, 0.25) is 0 Å². The molecule has 0 spiro atoms. The lowest BCUT2D eigenvalue weighted by Gasteiger charge is -2.07. The third kappa shape index (κ3) is 7.81. The second kappa shape index (κ2) is 5.25. The Morgan fingerprint density at radius 2 is 2.31 bits per heavy atom. The van der Waals surface area contributed by atoms with Gasteiger partial charge >= 0.3 is 10.4 Å². The van der Waals surface area contributed by atoms with Gasteiger partial charge in [0.05, 0.1) is 6.10 Å². The molecule has 0 saturated heterocycles. The van der Waals surface area contributed by atoms with Crippen LogP contribution in [0.1, 0.15) is 6.42 Å². The van der Waals surface area contributed by atoms with Gasteiger partial charge in [-0.3, -0.25) is 4.55 Å². The lowest BCUT2D eigenvalue weighted by Crippen LogP contribution is -2.27. The van der Waals surface area contributed by atoms with E-state index in [1.165, 1.54) is 6.08 Å². The quantitative estimate of drug-likeness (QED) is 0.254. The van der Waals surface area contributed by atoms with Gasteiger partial charge in [-0.1, -0.05) is 18.3 Å². The van der Waals surface area contributed by atoms with Crippen molar-refractivity contribution in [3.05, 3.63) is 12.7 Å². The smallest absolute Gasteiger partial charge is 0.389 e. The average molecular weight is 227 g/mol. The Kier molecular flexibility index (Phi) is 5.03. The first kappa shape index (κ1) is 12.5.